The highest BCUT2D eigenvalue weighted by atomic mass is 35.5. The van der Waals surface area contributed by atoms with Crippen LogP contribution in [0.15, 0.2) is 24.3 Å². The summed E-state index contributed by atoms with van der Waals surface area (Å²) >= 11 is 0. The second-order valence-corrected chi connectivity index (χ2v) is 14.9. The van der Waals surface area contributed by atoms with Crippen LogP contribution in [0.4, 0.5) is 0 Å². The lowest BCUT2D eigenvalue weighted by Crippen LogP contribution is -2.47. The van der Waals surface area contributed by atoms with Crippen LogP contribution in [0.5, 0.6) is 0 Å². The Kier molecular flexibility index (Phi) is 36.5. The Labute approximate surface area is 295 Å². The zero-order chi connectivity index (χ0) is 32.8. The maximum atomic E-state index is 13.4. The fraction of sp³-hybridized carbons (Fsp3) is 0.857. The maximum absolute atomic E-state index is 13.4. The van der Waals surface area contributed by atoms with Gasteiger partial charge in [-0.05, 0) is 76.5 Å². The minimum absolute atomic E-state index is 0. The predicted molar refractivity (Wildman–Crippen MR) is 209 cm³/mol. The molecule has 0 saturated heterocycles. The summed E-state index contributed by atoms with van der Waals surface area (Å²) in [6.45, 7) is 12.7. The maximum Gasteiger partial charge on any atom is 0.146 e. The Morgan fingerprint density at radius 1 is 0.413 bits per heavy atom. The van der Waals surface area contributed by atoms with Gasteiger partial charge in [0.1, 0.15) is 11.6 Å². The molecule has 0 rings (SSSR count). The number of ketones is 2. The van der Waals surface area contributed by atoms with E-state index in [1.54, 1.807) is 0 Å². The van der Waals surface area contributed by atoms with Gasteiger partial charge in [-0.3, -0.25) is 9.59 Å². The van der Waals surface area contributed by atoms with Gasteiger partial charge in [-0.25, -0.2) is 0 Å². The lowest BCUT2D eigenvalue weighted by Gasteiger charge is -2.39. The SMILES string of the molecule is CCCCCCCC/C=C\CCCCCCCC(=O)C(C)(C(=O)CCCCCCC/C=C\CCCCCCCC)C(C)(C)C.Cl.N. The van der Waals surface area contributed by atoms with Crippen LogP contribution in [-0.2, 0) is 9.59 Å². The second kappa shape index (κ2) is 34.0. The van der Waals surface area contributed by atoms with Crippen molar-refractivity contribution in [3.8, 4) is 0 Å². The Balaban J connectivity index is -0.00000924. The first-order chi connectivity index (χ1) is 21.2. The zero-order valence-electron chi connectivity index (χ0n) is 32.0. The third-order valence-electron chi connectivity index (χ3n) is 9.95. The van der Waals surface area contributed by atoms with Crippen molar-refractivity contribution in [1.29, 1.82) is 0 Å². The van der Waals surface area contributed by atoms with Crippen LogP contribution in [0.25, 0.3) is 0 Å². The molecule has 0 aliphatic rings. The van der Waals surface area contributed by atoms with E-state index in [9.17, 15) is 9.59 Å². The Hall–Kier alpha value is -0.930. The molecule has 4 heteroatoms. The molecule has 0 aliphatic carbocycles. The molecule has 0 spiro atoms. The van der Waals surface area contributed by atoms with Gasteiger partial charge in [0.2, 0.25) is 0 Å². The highest BCUT2D eigenvalue weighted by molar-refractivity contribution is 6.07. The van der Waals surface area contributed by atoms with E-state index in [0.29, 0.717) is 12.8 Å². The molecule has 0 saturated carbocycles. The van der Waals surface area contributed by atoms with Crippen molar-refractivity contribution in [3.05, 3.63) is 24.3 Å². The van der Waals surface area contributed by atoms with E-state index >= 15 is 0 Å². The largest absolute Gasteiger partial charge is 0.344 e. The number of halogens is 1. The van der Waals surface area contributed by atoms with Gasteiger partial charge in [0.05, 0.1) is 5.41 Å². The van der Waals surface area contributed by atoms with E-state index in [-0.39, 0.29) is 35.5 Å². The van der Waals surface area contributed by atoms with Gasteiger partial charge in [-0.15, -0.1) is 12.4 Å². The van der Waals surface area contributed by atoms with E-state index in [1.165, 1.54) is 141 Å². The molecule has 0 aromatic heterocycles. The van der Waals surface area contributed by atoms with Crippen LogP contribution in [0.2, 0.25) is 0 Å². The molecule has 0 aromatic carbocycles. The molecule has 0 unspecified atom stereocenters. The molecule has 0 heterocycles. The van der Waals surface area contributed by atoms with Gasteiger partial charge in [0.25, 0.3) is 0 Å². The van der Waals surface area contributed by atoms with Crippen molar-refractivity contribution >= 4 is 24.0 Å². The standard InChI is InChI=1S/C42H78O2.ClH.H3N/c1-7-9-11-13-15-17-19-21-23-25-27-29-31-33-35-37-39(43)42(6,41(3,4)5)40(44)38-36-34-32-30-28-26-24-22-20-18-16-14-12-10-8-2;;/h21-24H,7-20,25-38H2,1-6H3;1H;1H3/b23-21-,24-22-;;. The highest BCUT2D eigenvalue weighted by Crippen LogP contribution is 2.42. The monoisotopic (exact) mass is 668 g/mol. The van der Waals surface area contributed by atoms with E-state index in [0.717, 1.165) is 25.7 Å². The Bertz CT molecular complexity index is 684. The van der Waals surface area contributed by atoms with Crippen molar-refractivity contribution in [2.45, 2.75) is 221 Å². The summed E-state index contributed by atoms with van der Waals surface area (Å²) in [6, 6.07) is 0. The molecule has 0 aliphatic heterocycles. The smallest absolute Gasteiger partial charge is 0.146 e. The number of carbonyl (C=O) groups excluding carboxylic acids is 2. The molecular formula is C42H82ClNO2. The van der Waals surface area contributed by atoms with Crippen molar-refractivity contribution in [2.75, 3.05) is 0 Å². The quantitative estimate of drug-likeness (QED) is 0.0441. The van der Waals surface area contributed by atoms with Crippen LogP contribution >= 0.6 is 12.4 Å². The molecule has 0 atom stereocenters. The molecule has 3 nitrogen and oxygen atoms in total. The third-order valence-corrected chi connectivity index (χ3v) is 9.95. The molecule has 0 aromatic rings. The molecule has 3 N–H and O–H groups in total. The summed E-state index contributed by atoms with van der Waals surface area (Å²) in [5.41, 5.74) is -1.21. The van der Waals surface area contributed by atoms with Gasteiger partial charge >= 0.3 is 0 Å². The summed E-state index contributed by atoms with van der Waals surface area (Å²) in [4.78, 5) is 26.8. The first-order valence-electron chi connectivity index (χ1n) is 19.6. The first-order valence-corrected chi connectivity index (χ1v) is 19.6. The fourth-order valence-corrected chi connectivity index (χ4v) is 6.20. The number of carbonyl (C=O) groups is 2. The average molecular weight is 669 g/mol. The summed E-state index contributed by atoms with van der Waals surface area (Å²) in [5, 5.41) is 0. The molecule has 0 radical (unpaired) electrons. The number of hydrogen-bond acceptors (Lipinski definition) is 3. The average Bonchev–Trinajstić information content (AvgIpc) is 2.99. The minimum atomic E-state index is -0.866. The van der Waals surface area contributed by atoms with Crippen molar-refractivity contribution in [3.63, 3.8) is 0 Å². The Morgan fingerprint density at radius 3 is 0.913 bits per heavy atom. The minimum Gasteiger partial charge on any atom is -0.344 e. The second-order valence-electron chi connectivity index (χ2n) is 14.9. The summed E-state index contributed by atoms with van der Waals surface area (Å²) < 4.78 is 0. The molecule has 0 fully saturated rings. The van der Waals surface area contributed by atoms with E-state index in [1.807, 2.05) is 6.92 Å². The third kappa shape index (κ3) is 26.1. The van der Waals surface area contributed by atoms with Gasteiger partial charge in [0, 0.05) is 12.8 Å². The molecule has 0 amide bonds. The zero-order valence-corrected chi connectivity index (χ0v) is 32.9. The first kappa shape index (κ1) is 49.5. The van der Waals surface area contributed by atoms with Gasteiger partial charge in [-0.1, -0.05) is 162 Å². The van der Waals surface area contributed by atoms with Crippen LogP contribution in [-0.4, -0.2) is 11.6 Å². The number of Topliss-reactive ketones (excluding diaryl/α,β-unsaturated/α-hetero) is 2. The van der Waals surface area contributed by atoms with Crippen LogP contribution < -0.4 is 6.15 Å². The Morgan fingerprint density at radius 2 is 0.652 bits per heavy atom. The van der Waals surface area contributed by atoms with Crippen molar-refractivity contribution < 1.29 is 9.59 Å². The number of unbranched alkanes of at least 4 members (excludes halogenated alkanes) is 22. The number of allylic oxidation sites excluding steroid dienone is 4. The molecule has 46 heavy (non-hydrogen) atoms. The lowest BCUT2D eigenvalue weighted by molar-refractivity contribution is -0.147. The summed E-state index contributed by atoms with van der Waals surface area (Å²) in [5.74, 6) is 0.334. The predicted octanol–water partition coefficient (Wildman–Crippen LogP) is 14.8. The van der Waals surface area contributed by atoms with Gasteiger partial charge < -0.3 is 6.15 Å². The number of hydrogen-bond donors (Lipinski definition) is 1. The summed E-state index contributed by atoms with van der Waals surface area (Å²) in [6.07, 6.45) is 43.2. The van der Waals surface area contributed by atoms with Crippen molar-refractivity contribution in [1.82, 2.24) is 6.15 Å². The van der Waals surface area contributed by atoms with E-state index in [4.69, 9.17) is 0 Å². The van der Waals surface area contributed by atoms with Gasteiger partial charge in [-0.2, -0.15) is 0 Å². The summed E-state index contributed by atoms with van der Waals surface area (Å²) in [7, 11) is 0. The number of rotatable bonds is 32. The molecular weight excluding hydrogens is 586 g/mol. The highest BCUT2D eigenvalue weighted by Gasteiger charge is 2.48. The van der Waals surface area contributed by atoms with Crippen LogP contribution in [0.1, 0.15) is 221 Å². The van der Waals surface area contributed by atoms with Crippen molar-refractivity contribution in [2.24, 2.45) is 10.8 Å². The fourth-order valence-electron chi connectivity index (χ4n) is 6.20. The molecule has 0 bridgehead atoms. The van der Waals surface area contributed by atoms with Gasteiger partial charge in [0.15, 0.2) is 0 Å². The normalized spacial score (nSPS) is 12.0. The van der Waals surface area contributed by atoms with Crippen LogP contribution in [0, 0.1) is 10.8 Å². The lowest BCUT2D eigenvalue weighted by atomic mass is 9.61. The molecule has 274 valence electrons. The topological polar surface area (TPSA) is 69.1 Å². The van der Waals surface area contributed by atoms with E-state index in [2.05, 4.69) is 58.9 Å². The van der Waals surface area contributed by atoms with E-state index < -0.39 is 5.41 Å². The van der Waals surface area contributed by atoms with Crippen LogP contribution in [0.3, 0.4) is 0 Å².